The molecule has 6 nitrogen and oxygen atoms in total. The van der Waals surface area contributed by atoms with Crippen LogP contribution in [0.5, 0.6) is 0 Å². The van der Waals surface area contributed by atoms with Crippen LogP contribution in [0, 0.1) is 3.83 Å². The molecule has 0 amide bonds. The lowest BCUT2D eigenvalue weighted by molar-refractivity contribution is 0.206. The highest BCUT2D eigenvalue weighted by Crippen LogP contribution is 2.21. The highest BCUT2D eigenvalue weighted by atomic mass is 127. The van der Waals surface area contributed by atoms with E-state index in [9.17, 15) is 0 Å². The predicted octanol–water partition coefficient (Wildman–Crippen LogP) is 1.34. The lowest BCUT2D eigenvalue weighted by Gasteiger charge is -2.29. The molecule has 1 aromatic rings. The number of hydrogen-bond acceptors (Lipinski definition) is 6. The van der Waals surface area contributed by atoms with E-state index in [1.54, 1.807) is 7.11 Å². The number of halogens is 2. The summed E-state index contributed by atoms with van der Waals surface area (Å²) in [5.74, 6) is 2.00. The van der Waals surface area contributed by atoms with Gasteiger partial charge in [0.05, 0.1) is 11.2 Å². The monoisotopic (exact) mass is 503 g/mol. The minimum absolute atomic E-state index is 0.701. The van der Waals surface area contributed by atoms with Crippen LogP contribution in [0.25, 0.3) is 0 Å². The molecule has 1 fully saturated rings. The number of alkyl halides is 1. The molecule has 0 saturated carbocycles. The molecule has 0 bridgehead atoms. The summed E-state index contributed by atoms with van der Waals surface area (Å²) in [5.41, 5.74) is 0. The number of nitrogens with zero attached hydrogens (tertiary/aromatic N) is 4. The van der Waals surface area contributed by atoms with Gasteiger partial charge in [-0.25, -0.2) is 9.97 Å². The minimum Gasteiger partial charge on any atom is -0.383 e. The highest BCUT2D eigenvalue weighted by molar-refractivity contribution is 14.1. The number of rotatable bonds is 6. The molecule has 0 atom stereocenters. The first-order chi connectivity index (χ1) is 9.74. The first kappa shape index (κ1) is 16.4. The van der Waals surface area contributed by atoms with Crippen LogP contribution >= 0.6 is 45.2 Å². The Morgan fingerprint density at radius 2 is 2.15 bits per heavy atom. The molecule has 2 heterocycles. The Morgan fingerprint density at radius 1 is 1.40 bits per heavy atom. The van der Waals surface area contributed by atoms with Crippen LogP contribution in [-0.2, 0) is 4.74 Å². The molecule has 1 N–H and O–H groups in total. The van der Waals surface area contributed by atoms with Crippen LogP contribution in [0.15, 0.2) is 6.07 Å². The largest absolute Gasteiger partial charge is 0.383 e. The molecule has 0 unspecified atom stereocenters. The van der Waals surface area contributed by atoms with E-state index in [2.05, 4.69) is 76.3 Å². The highest BCUT2D eigenvalue weighted by Gasteiger charge is 2.16. The van der Waals surface area contributed by atoms with Gasteiger partial charge in [0.15, 0.2) is 3.83 Å². The Balaban J connectivity index is 2.17. The van der Waals surface area contributed by atoms with E-state index in [0.29, 0.717) is 6.61 Å². The summed E-state index contributed by atoms with van der Waals surface area (Å²) in [6.07, 6.45) is 0. The van der Waals surface area contributed by atoms with Gasteiger partial charge in [-0.1, -0.05) is 22.6 Å². The molecule has 112 valence electrons. The Morgan fingerprint density at radius 3 is 2.80 bits per heavy atom. The van der Waals surface area contributed by atoms with Crippen molar-refractivity contribution in [2.75, 3.05) is 60.8 Å². The van der Waals surface area contributed by atoms with E-state index in [-0.39, 0.29) is 0 Å². The van der Waals surface area contributed by atoms with Crippen LogP contribution in [0.3, 0.4) is 0 Å². The number of hydrogen-bond donors (Lipinski definition) is 1. The van der Waals surface area contributed by atoms with E-state index in [4.69, 9.17) is 4.74 Å². The second kappa shape index (κ2) is 8.49. The predicted molar refractivity (Wildman–Crippen MR) is 97.9 cm³/mol. The van der Waals surface area contributed by atoms with Gasteiger partial charge in [0, 0.05) is 68.5 Å². The van der Waals surface area contributed by atoms with Gasteiger partial charge in [-0.05, 0) is 0 Å². The summed E-state index contributed by atoms with van der Waals surface area (Å²) in [4.78, 5) is 13.6. The number of methoxy groups -OCH3 is 1. The fourth-order valence-electron chi connectivity index (χ4n) is 2.05. The van der Waals surface area contributed by atoms with Gasteiger partial charge in [-0.15, -0.1) is 0 Å². The standard InChI is InChI=1S/C12H19I2N5O/c1-20-7-6-19(9-13)11-8-10(16-12(14)17-11)18-4-2-15-3-5-18/h8,15H,2-7,9H2,1H3. The number of piperazine rings is 1. The van der Waals surface area contributed by atoms with Crippen molar-refractivity contribution in [1.29, 1.82) is 0 Å². The van der Waals surface area contributed by atoms with Gasteiger partial charge in [0.2, 0.25) is 0 Å². The van der Waals surface area contributed by atoms with E-state index in [0.717, 1.165) is 52.7 Å². The summed E-state index contributed by atoms with van der Waals surface area (Å²) < 4.78 is 6.84. The maximum Gasteiger partial charge on any atom is 0.194 e. The third kappa shape index (κ3) is 4.53. The molecule has 1 saturated heterocycles. The van der Waals surface area contributed by atoms with Crippen LogP contribution in [0.4, 0.5) is 11.6 Å². The summed E-state index contributed by atoms with van der Waals surface area (Å²) in [5, 5.41) is 3.36. The molecule has 1 aliphatic rings. The fraction of sp³-hybridized carbons (Fsp3) is 0.667. The molecular formula is C12H19I2N5O. The molecule has 1 aromatic heterocycles. The Bertz CT molecular complexity index is 428. The van der Waals surface area contributed by atoms with Gasteiger partial charge in [-0.2, -0.15) is 0 Å². The number of ether oxygens (including phenoxy) is 1. The SMILES string of the molecule is COCCN(CI)c1cc(N2CCNCC2)nc(I)n1. The zero-order valence-corrected chi connectivity index (χ0v) is 15.8. The Kier molecular flexibility index (Phi) is 6.97. The van der Waals surface area contributed by atoms with Gasteiger partial charge in [0.1, 0.15) is 11.6 Å². The quantitative estimate of drug-likeness (QED) is 0.274. The van der Waals surface area contributed by atoms with Crippen LogP contribution in [0.1, 0.15) is 0 Å². The summed E-state index contributed by atoms with van der Waals surface area (Å²) in [6.45, 7) is 5.55. The van der Waals surface area contributed by atoms with E-state index in [1.165, 1.54) is 0 Å². The van der Waals surface area contributed by atoms with E-state index in [1.807, 2.05) is 0 Å². The van der Waals surface area contributed by atoms with Crippen LogP contribution in [0.2, 0.25) is 0 Å². The van der Waals surface area contributed by atoms with Crippen molar-refractivity contribution >= 4 is 56.8 Å². The fourth-order valence-corrected chi connectivity index (χ4v) is 3.23. The Hall–Kier alpha value is 0.0600. The minimum atomic E-state index is 0.701. The van der Waals surface area contributed by atoms with Gasteiger partial charge >= 0.3 is 0 Å². The smallest absolute Gasteiger partial charge is 0.194 e. The van der Waals surface area contributed by atoms with Crippen molar-refractivity contribution in [3.05, 3.63) is 9.90 Å². The molecule has 20 heavy (non-hydrogen) atoms. The van der Waals surface area contributed by atoms with Crippen molar-refractivity contribution < 1.29 is 4.74 Å². The molecule has 0 spiro atoms. The van der Waals surface area contributed by atoms with Crippen LogP contribution in [-0.4, -0.2) is 61.0 Å². The first-order valence-electron chi connectivity index (χ1n) is 6.54. The third-order valence-corrected chi connectivity index (χ3v) is 4.45. The maximum atomic E-state index is 5.16. The van der Waals surface area contributed by atoms with E-state index >= 15 is 0 Å². The molecule has 0 aliphatic carbocycles. The van der Waals surface area contributed by atoms with Crippen molar-refractivity contribution in [1.82, 2.24) is 15.3 Å². The van der Waals surface area contributed by atoms with E-state index < -0.39 is 0 Å². The summed E-state index contributed by atoms with van der Waals surface area (Å²) in [7, 11) is 1.72. The number of aromatic nitrogens is 2. The summed E-state index contributed by atoms with van der Waals surface area (Å²) >= 11 is 4.54. The average Bonchev–Trinajstić information content (AvgIpc) is 2.48. The van der Waals surface area contributed by atoms with Crippen molar-refractivity contribution in [2.45, 2.75) is 0 Å². The van der Waals surface area contributed by atoms with Gasteiger partial charge in [0.25, 0.3) is 0 Å². The second-order valence-electron chi connectivity index (χ2n) is 4.47. The Labute approximate surface area is 146 Å². The molecule has 0 radical (unpaired) electrons. The summed E-state index contributed by atoms with van der Waals surface area (Å²) in [6, 6.07) is 2.09. The average molecular weight is 503 g/mol. The lowest BCUT2D eigenvalue weighted by Crippen LogP contribution is -2.44. The normalized spacial score (nSPS) is 15.4. The van der Waals surface area contributed by atoms with Gasteiger partial charge in [-0.3, -0.25) is 0 Å². The third-order valence-electron chi connectivity index (χ3n) is 3.15. The zero-order chi connectivity index (χ0) is 14.4. The lowest BCUT2D eigenvalue weighted by atomic mass is 10.3. The molecule has 8 heteroatoms. The van der Waals surface area contributed by atoms with Crippen molar-refractivity contribution in [3.8, 4) is 0 Å². The first-order valence-corrected chi connectivity index (χ1v) is 9.15. The van der Waals surface area contributed by atoms with Crippen molar-refractivity contribution in [3.63, 3.8) is 0 Å². The maximum absolute atomic E-state index is 5.16. The number of anilines is 2. The van der Waals surface area contributed by atoms with Crippen molar-refractivity contribution in [2.24, 2.45) is 0 Å². The topological polar surface area (TPSA) is 53.5 Å². The van der Waals surface area contributed by atoms with Gasteiger partial charge < -0.3 is 19.9 Å². The molecule has 0 aromatic carbocycles. The second-order valence-corrected chi connectivity index (χ2v) is 6.11. The molecular weight excluding hydrogens is 484 g/mol. The van der Waals surface area contributed by atoms with Crippen LogP contribution < -0.4 is 15.1 Å². The molecule has 2 rings (SSSR count). The number of nitrogens with one attached hydrogen (secondary N) is 1. The zero-order valence-electron chi connectivity index (χ0n) is 11.5. The molecule has 1 aliphatic heterocycles.